The topological polar surface area (TPSA) is 44.1 Å². The van der Waals surface area contributed by atoms with Gasteiger partial charge in [0.25, 0.3) is 0 Å². The highest BCUT2D eigenvalue weighted by atomic mass is 35.5. The lowest BCUT2D eigenvalue weighted by Crippen LogP contribution is -2.40. The van der Waals surface area contributed by atoms with Gasteiger partial charge in [0.05, 0.1) is 11.2 Å². The van der Waals surface area contributed by atoms with E-state index in [4.69, 9.17) is 16.3 Å². The van der Waals surface area contributed by atoms with Crippen LogP contribution in [-0.4, -0.2) is 28.3 Å². The average molecular weight is 245 g/mol. The zero-order valence-corrected chi connectivity index (χ0v) is 10.8. The second-order valence-electron chi connectivity index (χ2n) is 3.70. The van der Waals surface area contributed by atoms with Gasteiger partial charge in [0.1, 0.15) is 11.3 Å². The number of methoxy groups -OCH3 is 1. The van der Waals surface area contributed by atoms with Gasteiger partial charge in [-0.2, -0.15) is 5.10 Å². The highest BCUT2D eigenvalue weighted by Crippen LogP contribution is 2.28. The average Bonchev–Trinajstić information content (AvgIpc) is 2.61. The molecule has 16 heavy (non-hydrogen) atoms. The summed E-state index contributed by atoms with van der Waals surface area (Å²) in [5.74, 6) is -0.106. The molecular formula is C11H17ClN2O2. The smallest absolute Gasteiger partial charge is 0.214 e. The van der Waals surface area contributed by atoms with Crippen LogP contribution in [0.3, 0.4) is 0 Å². The van der Waals surface area contributed by atoms with Gasteiger partial charge in [0, 0.05) is 14.2 Å². The van der Waals surface area contributed by atoms with Gasteiger partial charge < -0.3 is 4.74 Å². The maximum atomic E-state index is 12.4. The Morgan fingerprint density at radius 1 is 1.56 bits per heavy atom. The molecule has 1 aromatic heterocycles. The third-order valence-corrected chi connectivity index (χ3v) is 3.33. The molecule has 0 N–H and O–H groups in total. The Bertz CT molecular complexity index is 356. The fourth-order valence-corrected chi connectivity index (χ4v) is 2.09. The fraction of sp³-hybridized carbons (Fsp3) is 0.636. The normalized spacial score (nSPS) is 11.8. The number of aromatic nitrogens is 2. The van der Waals surface area contributed by atoms with Gasteiger partial charge in [0.15, 0.2) is 0 Å². The number of ketones is 1. The summed E-state index contributed by atoms with van der Waals surface area (Å²) in [4.78, 5) is 12.4. The van der Waals surface area contributed by atoms with Crippen molar-refractivity contribution in [3.8, 4) is 0 Å². The predicted molar refractivity (Wildman–Crippen MR) is 62.9 cm³/mol. The lowest BCUT2D eigenvalue weighted by atomic mass is 9.90. The Morgan fingerprint density at radius 2 is 2.12 bits per heavy atom. The molecule has 1 aromatic rings. The summed E-state index contributed by atoms with van der Waals surface area (Å²) < 4.78 is 6.87. The van der Waals surface area contributed by atoms with Crippen molar-refractivity contribution in [2.24, 2.45) is 7.05 Å². The molecule has 0 aliphatic rings. The monoisotopic (exact) mass is 244 g/mol. The molecule has 0 aromatic carbocycles. The van der Waals surface area contributed by atoms with Crippen molar-refractivity contribution < 1.29 is 9.53 Å². The van der Waals surface area contributed by atoms with E-state index in [1.807, 2.05) is 13.8 Å². The molecule has 0 spiro atoms. The van der Waals surface area contributed by atoms with E-state index in [1.54, 1.807) is 14.2 Å². The first-order valence-electron chi connectivity index (χ1n) is 5.29. The zero-order chi connectivity index (χ0) is 12.3. The number of Topliss-reactive ketones (excluding diaryl/α,β-unsaturated/α-hetero) is 1. The molecule has 0 amide bonds. The summed E-state index contributed by atoms with van der Waals surface area (Å²) in [6.45, 7) is 3.85. The summed E-state index contributed by atoms with van der Waals surface area (Å²) in [6.07, 6.45) is 2.70. The number of nitrogens with zero attached hydrogens (tertiary/aromatic N) is 2. The first kappa shape index (κ1) is 13.2. The molecule has 0 saturated heterocycles. The van der Waals surface area contributed by atoms with E-state index in [1.165, 1.54) is 10.9 Å². The molecule has 5 heteroatoms. The molecule has 90 valence electrons. The standard InChI is InChI=1S/C11H17ClN2O2/c1-5-11(6-2,16-4)10(15)9-8(12)7-13-14(9)3/h7H,5-6H2,1-4H3. The Kier molecular flexibility index (Phi) is 4.10. The number of aryl methyl sites for hydroxylation is 1. The molecule has 0 unspecified atom stereocenters. The first-order valence-corrected chi connectivity index (χ1v) is 5.67. The van der Waals surface area contributed by atoms with E-state index >= 15 is 0 Å². The van der Waals surface area contributed by atoms with Crippen LogP contribution in [0.15, 0.2) is 6.20 Å². The van der Waals surface area contributed by atoms with Crippen LogP contribution < -0.4 is 0 Å². The quantitative estimate of drug-likeness (QED) is 0.748. The lowest BCUT2D eigenvalue weighted by molar-refractivity contribution is -0.00334. The van der Waals surface area contributed by atoms with Crippen LogP contribution in [0.4, 0.5) is 0 Å². The number of rotatable bonds is 5. The Labute approximate surface area is 101 Å². The Balaban J connectivity index is 3.19. The van der Waals surface area contributed by atoms with Crippen LogP contribution in [0.2, 0.25) is 5.02 Å². The van der Waals surface area contributed by atoms with Crippen LogP contribution in [0, 0.1) is 0 Å². The first-order chi connectivity index (χ1) is 7.52. The van der Waals surface area contributed by atoms with Gasteiger partial charge in [-0.25, -0.2) is 0 Å². The second kappa shape index (κ2) is 4.97. The van der Waals surface area contributed by atoms with Gasteiger partial charge >= 0.3 is 0 Å². The SMILES string of the molecule is CCC(CC)(OC)C(=O)c1c(Cl)cnn1C. The Morgan fingerprint density at radius 3 is 2.44 bits per heavy atom. The summed E-state index contributed by atoms with van der Waals surface area (Å²) >= 11 is 5.96. The summed E-state index contributed by atoms with van der Waals surface area (Å²) in [7, 11) is 3.25. The molecule has 0 aliphatic heterocycles. The van der Waals surface area contributed by atoms with Crippen molar-refractivity contribution in [1.29, 1.82) is 0 Å². The molecule has 0 aliphatic carbocycles. The lowest BCUT2D eigenvalue weighted by Gasteiger charge is -2.28. The van der Waals surface area contributed by atoms with Gasteiger partial charge in [-0.3, -0.25) is 9.48 Å². The minimum absolute atomic E-state index is 0.106. The van der Waals surface area contributed by atoms with Crippen LogP contribution in [0.1, 0.15) is 37.2 Å². The summed E-state index contributed by atoms with van der Waals surface area (Å²) in [5.41, 5.74) is -0.385. The Hall–Kier alpha value is -0.870. The highest BCUT2D eigenvalue weighted by molar-refractivity contribution is 6.34. The molecule has 0 bridgehead atoms. The predicted octanol–water partition coefficient (Wildman–Crippen LogP) is 2.46. The van der Waals surface area contributed by atoms with Gasteiger partial charge in [-0.05, 0) is 12.8 Å². The molecule has 1 heterocycles. The van der Waals surface area contributed by atoms with Crippen molar-refractivity contribution in [2.45, 2.75) is 32.3 Å². The van der Waals surface area contributed by atoms with Crippen molar-refractivity contribution in [3.63, 3.8) is 0 Å². The van der Waals surface area contributed by atoms with Crippen LogP contribution in [-0.2, 0) is 11.8 Å². The molecule has 0 atom stereocenters. The van der Waals surface area contributed by atoms with E-state index in [0.29, 0.717) is 23.6 Å². The minimum Gasteiger partial charge on any atom is -0.370 e. The molecule has 0 saturated carbocycles. The van der Waals surface area contributed by atoms with Crippen molar-refractivity contribution in [3.05, 3.63) is 16.9 Å². The second-order valence-corrected chi connectivity index (χ2v) is 4.11. The number of hydrogen-bond acceptors (Lipinski definition) is 3. The largest absolute Gasteiger partial charge is 0.370 e. The highest BCUT2D eigenvalue weighted by Gasteiger charge is 2.38. The van der Waals surface area contributed by atoms with Gasteiger partial charge in [-0.15, -0.1) is 0 Å². The van der Waals surface area contributed by atoms with Crippen molar-refractivity contribution in [2.75, 3.05) is 7.11 Å². The van der Waals surface area contributed by atoms with E-state index < -0.39 is 5.60 Å². The van der Waals surface area contributed by atoms with Crippen LogP contribution in [0.25, 0.3) is 0 Å². The third kappa shape index (κ3) is 1.99. The number of hydrogen-bond donors (Lipinski definition) is 0. The summed E-state index contributed by atoms with van der Waals surface area (Å²) in [5, 5.41) is 4.33. The molecule has 0 radical (unpaired) electrons. The molecule has 0 fully saturated rings. The number of carbonyl (C=O) groups is 1. The maximum Gasteiger partial charge on any atom is 0.214 e. The van der Waals surface area contributed by atoms with Crippen LogP contribution in [0.5, 0.6) is 0 Å². The fourth-order valence-electron chi connectivity index (χ4n) is 1.83. The third-order valence-electron chi connectivity index (χ3n) is 3.06. The van der Waals surface area contributed by atoms with E-state index in [-0.39, 0.29) is 5.78 Å². The van der Waals surface area contributed by atoms with Crippen molar-refractivity contribution in [1.82, 2.24) is 9.78 Å². The maximum absolute atomic E-state index is 12.4. The number of ether oxygens (including phenoxy) is 1. The minimum atomic E-state index is -0.794. The molecular weight excluding hydrogens is 228 g/mol. The van der Waals surface area contributed by atoms with Crippen molar-refractivity contribution >= 4 is 17.4 Å². The van der Waals surface area contributed by atoms with Gasteiger partial charge in [0.2, 0.25) is 5.78 Å². The molecule has 1 rings (SSSR count). The molecule has 4 nitrogen and oxygen atoms in total. The number of carbonyl (C=O) groups excluding carboxylic acids is 1. The van der Waals surface area contributed by atoms with E-state index in [9.17, 15) is 4.79 Å². The number of halogens is 1. The zero-order valence-electron chi connectivity index (χ0n) is 10.1. The van der Waals surface area contributed by atoms with Gasteiger partial charge in [-0.1, -0.05) is 25.4 Å². The van der Waals surface area contributed by atoms with E-state index in [2.05, 4.69) is 5.10 Å². The summed E-state index contributed by atoms with van der Waals surface area (Å²) in [6, 6.07) is 0. The van der Waals surface area contributed by atoms with Crippen LogP contribution >= 0.6 is 11.6 Å². The van der Waals surface area contributed by atoms with E-state index in [0.717, 1.165) is 0 Å².